The number of nitrogens with one attached hydrogen (secondary N) is 3. The van der Waals surface area contributed by atoms with Gasteiger partial charge in [-0.2, -0.15) is 0 Å². The average molecular weight is 271 g/mol. The summed E-state index contributed by atoms with van der Waals surface area (Å²) in [5, 5.41) is 8.58. The smallest absolute Gasteiger partial charge is 0.312 e. The number of nitrogens with two attached hydrogens (primary N) is 1. The van der Waals surface area contributed by atoms with E-state index in [1.165, 1.54) is 0 Å². The van der Waals surface area contributed by atoms with Crippen molar-refractivity contribution < 1.29 is 9.59 Å². The molecule has 0 aliphatic rings. The highest BCUT2D eigenvalue weighted by Crippen LogP contribution is 2.12. The largest absolute Gasteiger partial charge is 0.352 e. The van der Waals surface area contributed by atoms with Crippen LogP contribution in [-0.2, 0) is 4.79 Å². The second-order valence-electron chi connectivity index (χ2n) is 3.52. The van der Waals surface area contributed by atoms with E-state index in [-0.39, 0.29) is 12.5 Å². The minimum atomic E-state index is -0.581. The number of benzene rings is 1. The summed E-state index contributed by atoms with van der Waals surface area (Å²) in [7, 11) is 0. The molecule has 0 aliphatic carbocycles. The van der Waals surface area contributed by atoms with Crippen molar-refractivity contribution in [2.24, 2.45) is 5.73 Å². The topological polar surface area (TPSA) is 96.2 Å². The molecule has 0 aromatic heterocycles. The quantitative estimate of drug-likeness (QED) is 0.568. The summed E-state index contributed by atoms with van der Waals surface area (Å²) in [5.74, 6) is -0.170. The number of rotatable bonds is 6. The Balaban J connectivity index is 2.17. The fraction of sp³-hybridized carbons (Fsp3) is 0.273. The minimum absolute atomic E-state index is 0.156. The molecule has 0 saturated heterocycles. The van der Waals surface area contributed by atoms with Crippen molar-refractivity contribution in [3.8, 4) is 0 Å². The minimum Gasteiger partial charge on any atom is -0.352 e. The number of carbonyl (C=O) groups is 2. The SMILES string of the molecule is NC(=O)NCCNCC(=O)Nc1ccc(Cl)cc1. The van der Waals surface area contributed by atoms with Crippen molar-refractivity contribution >= 4 is 29.2 Å². The Kier molecular flexibility index (Phi) is 5.96. The lowest BCUT2D eigenvalue weighted by molar-refractivity contribution is -0.115. The number of urea groups is 1. The van der Waals surface area contributed by atoms with E-state index < -0.39 is 6.03 Å². The standard InChI is InChI=1S/C11H15ClN4O2/c12-8-1-3-9(4-2-8)16-10(17)7-14-5-6-15-11(13)18/h1-4,14H,5-7H2,(H,16,17)(H3,13,15,18). The Morgan fingerprint density at radius 2 is 1.83 bits per heavy atom. The summed E-state index contributed by atoms with van der Waals surface area (Å²) in [6.07, 6.45) is 0. The molecule has 98 valence electrons. The highest BCUT2D eigenvalue weighted by atomic mass is 35.5. The summed E-state index contributed by atoms with van der Waals surface area (Å²) in [6, 6.07) is 6.24. The first-order chi connectivity index (χ1) is 8.58. The molecule has 3 amide bonds. The Morgan fingerprint density at radius 1 is 1.17 bits per heavy atom. The second kappa shape index (κ2) is 7.52. The zero-order chi connectivity index (χ0) is 13.4. The number of anilines is 1. The molecule has 7 heteroatoms. The van der Waals surface area contributed by atoms with Crippen molar-refractivity contribution in [3.05, 3.63) is 29.3 Å². The van der Waals surface area contributed by atoms with Crippen LogP contribution in [0.25, 0.3) is 0 Å². The average Bonchev–Trinajstić information content (AvgIpc) is 2.31. The predicted octanol–water partition coefficient (Wildman–Crippen LogP) is 0.536. The van der Waals surface area contributed by atoms with E-state index in [1.807, 2.05) is 0 Å². The van der Waals surface area contributed by atoms with Gasteiger partial charge in [0.1, 0.15) is 0 Å². The predicted molar refractivity (Wildman–Crippen MR) is 70.5 cm³/mol. The number of hydrogen-bond acceptors (Lipinski definition) is 3. The summed E-state index contributed by atoms with van der Waals surface area (Å²) in [4.78, 5) is 21.8. The number of primary amides is 1. The first-order valence-electron chi connectivity index (χ1n) is 5.37. The van der Waals surface area contributed by atoms with Crippen LogP contribution in [-0.4, -0.2) is 31.6 Å². The Bertz CT molecular complexity index is 408. The fourth-order valence-electron chi connectivity index (χ4n) is 1.21. The number of halogens is 1. The third-order valence-electron chi connectivity index (χ3n) is 2.01. The Morgan fingerprint density at radius 3 is 2.44 bits per heavy atom. The maximum Gasteiger partial charge on any atom is 0.312 e. The van der Waals surface area contributed by atoms with Gasteiger partial charge in [0.25, 0.3) is 0 Å². The van der Waals surface area contributed by atoms with Gasteiger partial charge in [-0.3, -0.25) is 4.79 Å². The molecule has 5 N–H and O–H groups in total. The normalized spacial score (nSPS) is 9.83. The number of amides is 3. The zero-order valence-electron chi connectivity index (χ0n) is 9.70. The molecule has 18 heavy (non-hydrogen) atoms. The van der Waals surface area contributed by atoms with Gasteiger partial charge in [0.05, 0.1) is 6.54 Å². The van der Waals surface area contributed by atoms with Crippen LogP contribution in [0, 0.1) is 0 Å². The molecule has 0 atom stereocenters. The Hall–Kier alpha value is -1.79. The lowest BCUT2D eigenvalue weighted by atomic mass is 10.3. The lowest BCUT2D eigenvalue weighted by Crippen LogP contribution is -2.37. The maximum atomic E-state index is 11.5. The first kappa shape index (κ1) is 14.3. The van der Waals surface area contributed by atoms with Crippen molar-refractivity contribution in [1.82, 2.24) is 10.6 Å². The van der Waals surface area contributed by atoms with Crippen molar-refractivity contribution in [2.75, 3.05) is 25.0 Å². The van der Waals surface area contributed by atoms with Crippen LogP contribution in [0.4, 0.5) is 10.5 Å². The molecule has 0 fully saturated rings. The van der Waals surface area contributed by atoms with Crippen LogP contribution >= 0.6 is 11.6 Å². The summed E-state index contributed by atoms with van der Waals surface area (Å²) < 4.78 is 0. The molecule has 1 aromatic rings. The molecule has 1 aromatic carbocycles. The molecule has 6 nitrogen and oxygen atoms in total. The van der Waals surface area contributed by atoms with Crippen LogP contribution in [0.2, 0.25) is 5.02 Å². The van der Waals surface area contributed by atoms with Crippen LogP contribution < -0.4 is 21.7 Å². The summed E-state index contributed by atoms with van der Waals surface area (Å²) in [5.41, 5.74) is 5.56. The number of hydrogen-bond donors (Lipinski definition) is 4. The molecule has 0 spiro atoms. The van der Waals surface area contributed by atoms with Crippen LogP contribution in [0.5, 0.6) is 0 Å². The van der Waals surface area contributed by atoms with Gasteiger partial charge >= 0.3 is 6.03 Å². The molecule has 0 radical (unpaired) electrons. The van der Waals surface area contributed by atoms with Gasteiger partial charge in [0, 0.05) is 23.8 Å². The third-order valence-corrected chi connectivity index (χ3v) is 2.27. The highest BCUT2D eigenvalue weighted by Gasteiger charge is 2.01. The van der Waals surface area contributed by atoms with Gasteiger partial charge in [-0.25, -0.2) is 4.79 Å². The van der Waals surface area contributed by atoms with Crippen molar-refractivity contribution in [3.63, 3.8) is 0 Å². The molecule has 1 rings (SSSR count). The van der Waals surface area contributed by atoms with Gasteiger partial charge in [-0.05, 0) is 24.3 Å². The van der Waals surface area contributed by atoms with E-state index in [0.29, 0.717) is 23.8 Å². The summed E-state index contributed by atoms with van der Waals surface area (Å²) in [6.45, 7) is 1.00. The first-order valence-corrected chi connectivity index (χ1v) is 5.75. The molecule has 0 bridgehead atoms. The van der Waals surface area contributed by atoms with Crippen LogP contribution in [0.1, 0.15) is 0 Å². The molecular formula is C11H15ClN4O2. The zero-order valence-corrected chi connectivity index (χ0v) is 10.5. The number of carbonyl (C=O) groups excluding carboxylic acids is 2. The molecule has 0 aliphatic heterocycles. The molecule has 0 saturated carbocycles. The lowest BCUT2D eigenvalue weighted by Gasteiger charge is -2.07. The van der Waals surface area contributed by atoms with E-state index in [2.05, 4.69) is 16.0 Å². The Labute approximate surface area is 110 Å². The van der Waals surface area contributed by atoms with Crippen molar-refractivity contribution in [1.29, 1.82) is 0 Å². The molecule has 0 heterocycles. The van der Waals surface area contributed by atoms with E-state index in [0.717, 1.165) is 0 Å². The van der Waals surface area contributed by atoms with E-state index in [4.69, 9.17) is 17.3 Å². The van der Waals surface area contributed by atoms with E-state index in [1.54, 1.807) is 24.3 Å². The summed E-state index contributed by atoms with van der Waals surface area (Å²) >= 11 is 5.72. The van der Waals surface area contributed by atoms with Gasteiger partial charge in [-0.15, -0.1) is 0 Å². The van der Waals surface area contributed by atoms with Crippen LogP contribution in [0.15, 0.2) is 24.3 Å². The van der Waals surface area contributed by atoms with E-state index in [9.17, 15) is 9.59 Å². The molecule has 0 unspecified atom stereocenters. The third kappa shape index (κ3) is 6.07. The van der Waals surface area contributed by atoms with Crippen molar-refractivity contribution in [2.45, 2.75) is 0 Å². The van der Waals surface area contributed by atoms with Gasteiger partial charge in [0.15, 0.2) is 0 Å². The fourth-order valence-corrected chi connectivity index (χ4v) is 1.34. The van der Waals surface area contributed by atoms with E-state index >= 15 is 0 Å². The van der Waals surface area contributed by atoms with Crippen LogP contribution in [0.3, 0.4) is 0 Å². The molecular weight excluding hydrogens is 256 g/mol. The highest BCUT2D eigenvalue weighted by molar-refractivity contribution is 6.30. The van der Waals surface area contributed by atoms with Gasteiger partial charge < -0.3 is 21.7 Å². The van der Waals surface area contributed by atoms with Gasteiger partial charge in [-0.1, -0.05) is 11.6 Å². The maximum absolute atomic E-state index is 11.5. The van der Waals surface area contributed by atoms with Gasteiger partial charge in [0.2, 0.25) is 5.91 Å². The second-order valence-corrected chi connectivity index (χ2v) is 3.96. The monoisotopic (exact) mass is 270 g/mol.